The molecule has 13 heavy (non-hydrogen) atoms. The largest absolute Gasteiger partial charge is 0.379 e. The zero-order valence-corrected chi connectivity index (χ0v) is 7.93. The summed E-state index contributed by atoms with van der Waals surface area (Å²) in [6.45, 7) is 2.07. The van der Waals surface area contributed by atoms with E-state index in [0.29, 0.717) is 12.3 Å². The van der Waals surface area contributed by atoms with Gasteiger partial charge in [-0.1, -0.05) is 6.92 Å². The van der Waals surface area contributed by atoms with Crippen molar-refractivity contribution in [1.29, 1.82) is 0 Å². The first-order valence-corrected chi connectivity index (χ1v) is 4.47. The van der Waals surface area contributed by atoms with Crippen molar-refractivity contribution in [3.8, 4) is 0 Å². The van der Waals surface area contributed by atoms with Crippen LogP contribution in [0.5, 0.6) is 0 Å². The van der Waals surface area contributed by atoms with Crippen molar-refractivity contribution in [2.75, 3.05) is 7.11 Å². The standard InChI is InChI=1S/C8H15NO4/c1-6-3-4-7(12-2)8(5-6)13-9(10)11/h6-8H,3-5H2,1-2H3/t6-,7-,8-/m0/s1. The summed E-state index contributed by atoms with van der Waals surface area (Å²) in [7, 11) is 1.57. The molecule has 0 aromatic carbocycles. The van der Waals surface area contributed by atoms with Crippen LogP contribution in [-0.2, 0) is 9.57 Å². The van der Waals surface area contributed by atoms with Gasteiger partial charge in [-0.25, -0.2) is 0 Å². The number of methoxy groups -OCH3 is 1. The molecule has 76 valence electrons. The molecular weight excluding hydrogens is 174 g/mol. The molecule has 5 nitrogen and oxygen atoms in total. The van der Waals surface area contributed by atoms with Crippen LogP contribution in [0.15, 0.2) is 0 Å². The van der Waals surface area contributed by atoms with Gasteiger partial charge in [0.1, 0.15) is 6.10 Å². The number of hydrogen-bond donors (Lipinski definition) is 0. The highest BCUT2D eigenvalue weighted by Gasteiger charge is 2.31. The van der Waals surface area contributed by atoms with Crippen LogP contribution in [0.1, 0.15) is 26.2 Å². The molecule has 0 unspecified atom stereocenters. The first kappa shape index (κ1) is 10.2. The highest BCUT2D eigenvalue weighted by Crippen LogP contribution is 2.27. The SMILES string of the molecule is CO[C@H]1CC[C@H](C)C[C@@H]1O[N+](=O)[O-]. The van der Waals surface area contributed by atoms with E-state index in [9.17, 15) is 10.1 Å². The summed E-state index contributed by atoms with van der Waals surface area (Å²) in [6, 6.07) is 0. The first-order chi connectivity index (χ1) is 6.13. The van der Waals surface area contributed by atoms with Gasteiger partial charge >= 0.3 is 0 Å². The highest BCUT2D eigenvalue weighted by atomic mass is 17.0. The Morgan fingerprint density at radius 1 is 1.38 bits per heavy atom. The normalized spacial score (nSPS) is 34.2. The van der Waals surface area contributed by atoms with Crippen molar-refractivity contribution in [3.05, 3.63) is 10.1 Å². The summed E-state index contributed by atoms with van der Waals surface area (Å²) < 4.78 is 5.12. The topological polar surface area (TPSA) is 61.6 Å². The van der Waals surface area contributed by atoms with Gasteiger partial charge < -0.3 is 9.57 Å². The molecule has 0 radical (unpaired) electrons. The monoisotopic (exact) mass is 189 g/mol. The zero-order valence-electron chi connectivity index (χ0n) is 7.93. The van der Waals surface area contributed by atoms with Gasteiger partial charge in [0.2, 0.25) is 0 Å². The third-order valence-electron chi connectivity index (χ3n) is 2.52. The fourth-order valence-corrected chi connectivity index (χ4v) is 1.79. The molecule has 3 atom stereocenters. The lowest BCUT2D eigenvalue weighted by atomic mass is 9.86. The van der Waals surface area contributed by atoms with Crippen molar-refractivity contribution >= 4 is 0 Å². The van der Waals surface area contributed by atoms with Gasteiger partial charge in [-0.3, -0.25) is 0 Å². The first-order valence-electron chi connectivity index (χ1n) is 4.47. The molecular formula is C8H15NO4. The van der Waals surface area contributed by atoms with Crippen LogP contribution in [-0.4, -0.2) is 24.4 Å². The summed E-state index contributed by atoms with van der Waals surface area (Å²) in [4.78, 5) is 14.7. The zero-order chi connectivity index (χ0) is 9.84. The molecule has 0 bridgehead atoms. The Balaban J connectivity index is 2.49. The van der Waals surface area contributed by atoms with Crippen LogP contribution in [0.2, 0.25) is 0 Å². The molecule has 0 spiro atoms. The van der Waals surface area contributed by atoms with Gasteiger partial charge in [-0.2, -0.15) is 0 Å². The Labute approximate surface area is 77.1 Å². The van der Waals surface area contributed by atoms with E-state index in [1.54, 1.807) is 7.11 Å². The average molecular weight is 189 g/mol. The Morgan fingerprint density at radius 2 is 2.08 bits per heavy atom. The van der Waals surface area contributed by atoms with Crippen LogP contribution in [0, 0.1) is 16.0 Å². The van der Waals surface area contributed by atoms with E-state index >= 15 is 0 Å². The molecule has 1 rings (SSSR count). The molecule has 0 heterocycles. The van der Waals surface area contributed by atoms with Crippen molar-refractivity contribution in [3.63, 3.8) is 0 Å². The fourth-order valence-electron chi connectivity index (χ4n) is 1.79. The van der Waals surface area contributed by atoms with Crippen LogP contribution in [0.4, 0.5) is 0 Å². The van der Waals surface area contributed by atoms with Crippen LogP contribution in [0.3, 0.4) is 0 Å². The molecule has 0 aliphatic heterocycles. The van der Waals surface area contributed by atoms with E-state index in [4.69, 9.17) is 4.74 Å². The van der Waals surface area contributed by atoms with Crippen molar-refractivity contribution in [2.45, 2.75) is 38.4 Å². The van der Waals surface area contributed by atoms with Gasteiger partial charge in [0.15, 0.2) is 0 Å². The molecule has 1 saturated carbocycles. The molecule has 0 saturated heterocycles. The molecule has 5 heteroatoms. The number of ether oxygens (including phenoxy) is 1. The smallest absolute Gasteiger partial charge is 0.294 e. The third-order valence-corrected chi connectivity index (χ3v) is 2.52. The molecule has 0 N–H and O–H groups in total. The van der Waals surface area contributed by atoms with Gasteiger partial charge in [-0.05, 0) is 25.2 Å². The Hall–Kier alpha value is -0.840. The van der Waals surface area contributed by atoms with Gasteiger partial charge in [0.25, 0.3) is 5.09 Å². The second kappa shape index (κ2) is 4.41. The minimum Gasteiger partial charge on any atom is -0.379 e. The maximum Gasteiger partial charge on any atom is 0.294 e. The lowest BCUT2D eigenvalue weighted by Gasteiger charge is -2.31. The molecule has 0 amide bonds. The van der Waals surface area contributed by atoms with Gasteiger partial charge in [0.05, 0.1) is 6.10 Å². The fraction of sp³-hybridized carbons (Fsp3) is 1.00. The third kappa shape index (κ3) is 2.84. The minimum atomic E-state index is -0.727. The Kier molecular flexibility index (Phi) is 3.48. The van der Waals surface area contributed by atoms with E-state index in [-0.39, 0.29) is 12.2 Å². The predicted octanol–water partition coefficient (Wildman–Crippen LogP) is 1.40. The Bertz CT molecular complexity index is 185. The number of hydrogen-bond acceptors (Lipinski definition) is 4. The van der Waals surface area contributed by atoms with E-state index in [2.05, 4.69) is 11.8 Å². The average Bonchev–Trinajstić information content (AvgIpc) is 2.03. The quantitative estimate of drug-likeness (QED) is 0.497. The lowest BCUT2D eigenvalue weighted by Crippen LogP contribution is -2.38. The summed E-state index contributed by atoms with van der Waals surface area (Å²) in [5, 5.41) is 9.44. The maximum absolute atomic E-state index is 10.2. The molecule has 1 aliphatic carbocycles. The van der Waals surface area contributed by atoms with Crippen molar-refractivity contribution < 1.29 is 14.7 Å². The Morgan fingerprint density at radius 3 is 2.62 bits per heavy atom. The molecule has 1 aliphatic rings. The minimum absolute atomic E-state index is 0.124. The summed E-state index contributed by atoms with van der Waals surface area (Å²) in [5.41, 5.74) is 0. The number of nitrogens with zero attached hydrogens (tertiary/aromatic N) is 1. The van der Waals surface area contributed by atoms with Crippen molar-refractivity contribution in [1.82, 2.24) is 0 Å². The van der Waals surface area contributed by atoms with E-state index in [1.807, 2.05) is 0 Å². The summed E-state index contributed by atoms with van der Waals surface area (Å²) >= 11 is 0. The second-order valence-corrected chi connectivity index (χ2v) is 3.56. The summed E-state index contributed by atoms with van der Waals surface area (Å²) in [5.74, 6) is 0.483. The van der Waals surface area contributed by atoms with Gasteiger partial charge in [0, 0.05) is 7.11 Å². The lowest BCUT2D eigenvalue weighted by molar-refractivity contribution is -0.771. The van der Waals surface area contributed by atoms with Crippen LogP contribution < -0.4 is 0 Å². The van der Waals surface area contributed by atoms with E-state index < -0.39 is 5.09 Å². The highest BCUT2D eigenvalue weighted by molar-refractivity contribution is 4.78. The maximum atomic E-state index is 10.2. The number of rotatable bonds is 3. The van der Waals surface area contributed by atoms with Crippen LogP contribution >= 0.6 is 0 Å². The second-order valence-electron chi connectivity index (χ2n) is 3.56. The van der Waals surface area contributed by atoms with Gasteiger partial charge in [-0.15, -0.1) is 10.1 Å². The molecule has 0 aromatic rings. The van der Waals surface area contributed by atoms with Crippen molar-refractivity contribution in [2.24, 2.45) is 5.92 Å². The van der Waals surface area contributed by atoms with Crippen LogP contribution in [0.25, 0.3) is 0 Å². The summed E-state index contributed by atoms with van der Waals surface area (Å²) in [6.07, 6.45) is 2.09. The molecule has 1 fully saturated rings. The molecule has 0 aromatic heterocycles. The van der Waals surface area contributed by atoms with E-state index in [1.165, 1.54) is 0 Å². The van der Waals surface area contributed by atoms with E-state index in [0.717, 1.165) is 12.8 Å². The predicted molar refractivity (Wildman–Crippen MR) is 45.7 cm³/mol.